The molecule has 0 heterocycles. The SMILES string of the molecule is CCCCNC(=O)[C@@H](Cc1ccccc1)N(Cc1ccc(C)cc1)C(=O)CSCc1ccccc1C. The van der Waals surface area contributed by atoms with Crippen molar-refractivity contribution in [1.82, 2.24) is 10.2 Å². The van der Waals surface area contributed by atoms with Crippen LogP contribution in [0.2, 0.25) is 0 Å². The molecule has 1 atom stereocenters. The lowest BCUT2D eigenvalue weighted by molar-refractivity contribution is -0.139. The quantitative estimate of drug-likeness (QED) is 0.288. The molecule has 5 heteroatoms. The number of hydrogen-bond donors (Lipinski definition) is 1. The van der Waals surface area contributed by atoms with E-state index in [0.717, 1.165) is 29.7 Å². The fourth-order valence-electron chi connectivity index (χ4n) is 4.05. The highest BCUT2D eigenvalue weighted by molar-refractivity contribution is 7.99. The summed E-state index contributed by atoms with van der Waals surface area (Å²) >= 11 is 1.60. The fraction of sp³-hybridized carbons (Fsp3) is 0.355. The molecule has 0 fully saturated rings. The van der Waals surface area contributed by atoms with Crippen LogP contribution >= 0.6 is 11.8 Å². The molecule has 1 N–H and O–H groups in total. The Morgan fingerprint density at radius 1 is 0.889 bits per heavy atom. The van der Waals surface area contributed by atoms with Gasteiger partial charge < -0.3 is 10.2 Å². The molecule has 0 aliphatic heterocycles. The van der Waals surface area contributed by atoms with Crippen molar-refractivity contribution < 1.29 is 9.59 Å². The molecule has 2 amide bonds. The van der Waals surface area contributed by atoms with Gasteiger partial charge in [-0.2, -0.15) is 0 Å². The normalized spacial score (nSPS) is 11.6. The van der Waals surface area contributed by atoms with Crippen molar-refractivity contribution in [1.29, 1.82) is 0 Å². The molecule has 0 bridgehead atoms. The molecule has 0 aliphatic rings. The lowest BCUT2D eigenvalue weighted by Crippen LogP contribution is -2.51. The first-order chi connectivity index (χ1) is 17.5. The van der Waals surface area contributed by atoms with Crippen molar-refractivity contribution >= 4 is 23.6 Å². The largest absolute Gasteiger partial charge is 0.354 e. The summed E-state index contributed by atoms with van der Waals surface area (Å²) in [5, 5.41) is 3.08. The molecule has 0 aromatic heterocycles. The second kappa shape index (κ2) is 14.5. The maximum Gasteiger partial charge on any atom is 0.243 e. The van der Waals surface area contributed by atoms with Gasteiger partial charge in [-0.05, 0) is 42.5 Å². The molecule has 0 spiro atoms. The number of unbranched alkanes of at least 4 members (excludes halogenated alkanes) is 1. The van der Waals surface area contributed by atoms with E-state index in [1.165, 1.54) is 16.7 Å². The monoisotopic (exact) mass is 502 g/mol. The number of amides is 2. The van der Waals surface area contributed by atoms with Gasteiger partial charge >= 0.3 is 0 Å². The van der Waals surface area contributed by atoms with Crippen LogP contribution in [0.4, 0.5) is 0 Å². The summed E-state index contributed by atoms with van der Waals surface area (Å²) in [5.41, 5.74) is 5.70. The lowest BCUT2D eigenvalue weighted by atomic mass is 10.0. The zero-order valence-corrected chi connectivity index (χ0v) is 22.5. The average Bonchev–Trinajstić information content (AvgIpc) is 2.89. The third-order valence-electron chi connectivity index (χ3n) is 6.32. The minimum atomic E-state index is -0.572. The number of nitrogens with one attached hydrogen (secondary N) is 1. The molecule has 190 valence electrons. The van der Waals surface area contributed by atoms with E-state index in [2.05, 4.69) is 43.4 Å². The summed E-state index contributed by atoms with van der Waals surface area (Å²) in [5.74, 6) is 0.994. The first kappa shape index (κ1) is 27.5. The van der Waals surface area contributed by atoms with E-state index in [0.29, 0.717) is 25.3 Å². The van der Waals surface area contributed by atoms with Crippen molar-refractivity contribution in [2.45, 2.75) is 58.4 Å². The van der Waals surface area contributed by atoms with Crippen molar-refractivity contribution in [2.24, 2.45) is 0 Å². The molecule has 3 aromatic rings. The highest BCUT2D eigenvalue weighted by Crippen LogP contribution is 2.20. The number of aryl methyl sites for hydroxylation is 2. The Bertz CT molecular complexity index is 1100. The number of nitrogens with zero attached hydrogens (tertiary/aromatic N) is 1. The van der Waals surface area contributed by atoms with Crippen LogP contribution in [-0.4, -0.2) is 35.1 Å². The second-order valence-corrected chi connectivity index (χ2v) is 10.3. The maximum atomic E-state index is 13.7. The van der Waals surface area contributed by atoms with Gasteiger partial charge in [0.05, 0.1) is 5.75 Å². The number of hydrogen-bond acceptors (Lipinski definition) is 3. The van der Waals surface area contributed by atoms with Crippen LogP contribution in [0.5, 0.6) is 0 Å². The summed E-state index contributed by atoms with van der Waals surface area (Å²) in [6, 6.07) is 25.9. The Morgan fingerprint density at radius 2 is 1.58 bits per heavy atom. The highest BCUT2D eigenvalue weighted by Gasteiger charge is 2.30. The van der Waals surface area contributed by atoms with E-state index in [9.17, 15) is 9.59 Å². The van der Waals surface area contributed by atoms with Gasteiger partial charge in [-0.15, -0.1) is 11.8 Å². The summed E-state index contributed by atoms with van der Waals surface area (Å²) < 4.78 is 0. The van der Waals surface area contributed by atoms with E-state index in [1.807, 2.05) is 61.5 Å². The van der Waals surface area contributed by atoms with Crippen molar-refractivity contribution in [2.75, 3.05) is 12.3 Å². The van der Waals surface area contributed by atoms with Gasteiger partial charge in [-0.3, -0.25) is 9.59 Å². The molecule has 3 aromatic carbocycles. The highest BCUT2D eigenvalue weighted by atomic mass is 32.2. The first-order valence-corrected chi connectivity index (χ1v) is 13.9. The average molecular weight is 503 g/mol. The number of benzene rings is 3. The van der Waals surface area contributed by atoms with Gasteiger partial charge in [0.25, 0.3) is 0 Å². The summed E-state index contributed by atoms with van der Waals surface area (Å²) in [7, 11) is 0. The molecule has 0 saturated carbocycles. The van der Waals surface area contributed by atoms with Crippen LogP contribution in [0.1, 0.15) is 47.6 Å². The Balaban J connectivity index is 1.83. The third kappa shape index (κ3) is 8.56. The van der Waals surface area contributed by atoms with Crippen LogP contribution in [0.25, 0.3) is 0 Å². The van der Waals surface area contributed by atoms with E-state index in [4.69, 9.17) is 0 Å². The first-order valence-electron chi connectivity index (χ1n) is 12.8. The summed E-state index contributed by atoms with van der Waals surface area (Å²) in [6.07, 6.45) is 2.41. The van der Waals surface area contributed by atoms with Gasteiger partial charge in [0.1, 0.15) is 6.04 Å². The Hall–Kier alpha value is -3.05. The number of carbonyl (C=O) groups is 2. The van der Waals surface area contributed by atoms with Gasteiger partial charge in [0, 0.05) is 25.3 Å². The Kier molecular flexibility index (Phi) is 11.1. The second-order valence-electron chi connectivity index (χ2n) is 9.28. The Labute approximate surface area is 220 Å². The third-order valence-corrected chi connectivity index (χ3v) is 7.28. The number of rotatable bonds is 13. The molecule has 0 saturated heterocycles. The molecule has 4 nitrogen and oxygen atoms in total. The smallest absolute Gasteiger partial charge is 0.243 e. The zero-order chi connectivity index (χ0) is 25.8. The molecule has 3 rings (SSSR count). The minimum absolute atomic E-state index is 0.0132. The zero-order valence-electron chi connectivity index (χ0n) is 21.7. The van der Waals surface area contributed by atoms with Gasteiger partial charge in [-0.25, -0.2) is 0 Å². The molecule has 0 radical (unpaired) electrons. The van der Waals surface area contributed by atoms with Gasteiger partial charge in [0.2, 0.25) is 11.8 Å². The van der Waals surface area contributed by atoms with Gasteiger partial charge in [0.15, 0.2) is 0 Å². The van der Waals surface area contributed by atoms with Crippen LogP contribution < -0.4 is 5.32 Å². The minimum Gasteiger partial charge on any atom is -0.354 e. The molecule has 36 heavy (non-hydrogen) atoms. The van der Waals surface area contributed by atoms with Crippen LogP contribution in [0.3, 0.4) is 0 Å². The standard InChI is InChI=1S/C31H38N2O2S/c1-4-5-19-32-31(35)29(20-26-12-7-6-8-13-26)33(21-27-17-15-24(2)16-18-27)30(34)23-36-22-28-14-10-9-11-25(28)3/h6-18,29H,4-5,19-23H2,1-3H3,(H,32,35)/t29-/m1/s1. The van der Waals surface area contributed by atoms with Crippen molar-refractivity contribution in [3.63, 3.8) is 0 Å². The maximum absolute atomic E-state index is 13.7. The van der Waals surface area contributed by atoms with Crippen LogP contribution in [0.15, 0.2) is 78.9 Å². The molecular weight excluding hydrogens is 464 g/mol. The van der Waals surface area contributed by atoms with Crippen LogP contribution in [-0.2, 0) is 28.3 Å². The van der Waals surface area contributed by atoms with E-state index in [1.54, 1.807) is 16.7 Å². The molecule has 0 aliphatic carbocycles. The van der Waals surface area contributed by atoms with Gasteiger partial charge in [-0.1, -0.05) is 97.8 Å². The predicted molar refractivity (Wildman–Crippen MR) is 151 cm³/mol. The van der Waals surface area contributed by atoms with Crippen LogP contribution in [0, 0.1) is 13.8 Å². The lowest BCUT2D eigenvalue weighted by Gasteiger charge is -2.31. The predicted octanol–water partition coefficient (Wildman–Crippen LogP) is 6.09. The Morgan fingerprint density at radius 3 is 2.28 bits per heavy atom. The van der Waals surface area contributed by atoms with E-state index in [-0.39, 0.29) is 11.8 Å². The van der Waals surface area contributed by atoms with E-state index < -0.39 is 6.04 Å². The fourth-order valence-corrected chi connectivity index (χ4v) is 5.04. The molecular formula is C31H38N2O2S. The summed E-state index contributed by atoms with van der Waals surface area (Å²) in [6.45, 7) is 7.27. The van der Waals surface area contributed by atoms with Crippen molar-refractivity contribution in [3.8, 4) is 0 Å². The molecule has 0 unspecified atom stereocenters. The van der Waals surface area contributed by atoms with E-state index >= 15 is 0 Å². The number of thioether (sulfide) groups is 1. The summed E-state index contributed by atoms with van der Waals surface area (Å²) in [4.78, 5) is 28.9. The number of carbonyl (C=O) groups excluding carboxylic acids is 2. The topological polar surface area (TPSA) is 49.4 Å². The van der Waals surface area contributed by atoms with Crippen molar-refractivity contribution in [3.05, 3.63) is 107 Å².